The minimum atomic E-state index is -0.510. The summed E-state index contributed by atoms with van der Waals surface area (Å²) in [4.78, 5) is 26.9. The normalized spacial score (nSPS) is 15.6. The first kappa shape index (κ1) is 24.2. The van der Waals surface area contributed by atoms with Crippen LogP contribution in [-0.2, 0) is 9.59 Å². The number of methoxy groups -OCH3 is 1. The minimum Gasteiger partial charge on any atom is -0.493 e. The number of ether oxygens (including phenoxy) is 2. The molecule has 1 aliphatic heterocycles. The fourth-order valence-corrected chi connectivity index (χ4v) is 3.32. The molecule has 0 N–H and O–H groups in total. The van der Waals surface area contributed by atoms with Crippen molar-refractivity contribution in [3.8, 4) is 17.6 Å². The van der Waals surface area contributed by atoms with Gasteiger partial charge in [-0.25, -0.2) is 0 Å². The highest BCUT2D eigenvalue weighted by Gasteiger charge is 2.35. The molecule has 0 saturated carbocycles. The lowest BCUT2D eigenvalue weighted by atomic mass is 9.93. The maximum absolute atomic E-state index is 13.1. The molecule has 31 heavy (non-hydrogen) atoms. The second kappa shape index (κ2) is 11.4. The maximum atomic E-state index is 13.1. The van der Waals surface area contributed by atoms with Crippen molar-refractivity contribution in [2.45, 2.75) is 53.4 Å². The molecule has 0 bridgehead atoms. The zero-order chi connectivity index (χ0) is 23.0. The van der Waals surface area contributed by atoms with E-state index in [0.717, 1.165) is 31.2 Å². The molecule has 0 spiro atoms. The average molecular weight is 425 g/mol. The van der Waals surface area contributed by atoms with Crippen LogP contribution in [0, 0.1) is 17.2 Å². The number of hydrogen-bond donors (Lipinski definition) is 0. The molecule has 1 aromatic rings. The fraction of sp³-hybridized carbons (Fsp3) is 0.480. The van der Waals surface area contributed by atoms with Crippen molar-refractivity contribution in [2.24, 2.45) is 5.92 Å². The van der Waals surface area contributed by atoms with Gasteiger partial charge in [-0.1, -0.05) is 39.7 Å². The predicted molar refractivity (Wildman–Crippen MR) is 120 cm³/mol. The van der Waals surface area contributed by atoms with Crippen LogP contribution in [-0.4, -0.2) is 37.0 Å². The fourth-order valence-electron chi connectivity index (χ4n) is 3.32. The van der Waals surface area contributed by atoms with Crippen LogP contribution in [0.4, 0.5) is 0 Å². The Morgan fingerprint density at radius 1 is 1.16 bits per heavy atom. The van der Waals surface area contributed by atoms with Gasteiger partial charge in [-0.15, -0.1) is 0 Å². The number of nitriles is 1. The zero-order valence-electron chi connectivity index (χ0n) is 19.2. The molecule has 1 heterocycles. The van der Waals surface area contributed by atoms with Gasteiger partial charge in [0.15, 0.2) is 11.5 Å². The highest BCUT2D eigenvalue weighted by molar-refractivity contribution is 6.19. The van der Waals surface area contributed by atoms with E-state index in [-0.39, 0.29) is 11.5 Å². The molecular weight excluding hydrogens is 392 g/mol. The molecule has 1 aromatic carbocycles. The smallest absolute Gasteiger partial charge is 0.271 e. The highest BCUT2D eigenvalue weighted by Crippen LogP contribution is 2.32. The van der Waals surface area contributed by atoms with E-state index in [0.29, 0.717) is 41.7 Å². The van der Waals surface area contributed by atoms with Crippen molar-refractivity contribution < 1.29 is 19.1 Å². The lowest BCUT2D eigenvalue weighted by molar-refractivity contribution is -0.140. The van der Waals surface area contributed by atoms with Crippen LogP contribution in [0.15, 0.2) is 34.9 Å². The van der Waals surface area contributed by atoms with E-state index in [1.807, 2.05) is 18.2 Å². The van der Waals surface area contributed by atoms with E-state index in [4.69, 9.17) is 9.47 Å². The third kappa shape index (κ3) is 5.97. The Bertz CT molecular complexity index is 922. The molecule has 0 atom stereocenters. The largest absolute Gasteiger partial charge is 0.493 e. The van der Waals surface area contributed by atoms with Crippen LogP contribution < -0.4 is 9.47 Å². The second-order valence-electron chi connectivity index (χ2n) is 8.08. The Balaban J connectivity index is 2.37. The quantitative estimate of drug-likeness (QED) is 0.303. The van der Waals surface area contributed by atoms with Crippen molar-refractivity contribution in [1.29, 1.82) is 5.26 Å². The molecule has 0 fully saturated rings. The number of carbonyl (C=O) groups excluding carboxylic acids is 2. The number of carbonyl (C=O) groups is 2. The Hall–Kier alpha value is -3.07. The molecule has 166 valence electrons. The summed E-state index contributed by atoms with van der Waals surface area (Å²) in [5, 5.41) is 9.50. The van der Waals surface area contributed by atoms with Crippen molar-refractivity contribution in [3.63, 3.8) is 0 Å². The summed E-state index contributed by atoms with van der Waals surface area (Å²) in [5.41, 5.74) is 1.50. The van der Waals surface area contributed by atoms with Crippen molar-refractivity contribution in [2.75, 3.05) is 20.3 Å². The van der Waals surface area contributed by atoms with Crippen molar-refractivity contribution in [3.05, 3.63) is 40.5 Å². The van der Waals surface area contributed by atoms with E-state index in [9.17, 15) is 14.9 Å². The van der Waals surface area contributed by atoms with Crippen molar-refractivity contribution >= 4 is 17.9 Å². The first-order valence-corrected chi connectivity index (χ1v) is 10.8. The molecule has 0 aromatic heterocycles. The molecule has 0 aliphatic carbocycles. The summed E-state index contributed by atoms with van der Waals surface area (Å²) in [6.07, 6.45) is 5.25. The van der Waals surface area contributed by atoms with Gasteiger partial charge in [0, 0.05) is 12.1 Å². The minimum absolute atomic E-state index is 0.0166. The lowest BCUT2D eigenvalue weighted by Gasteiger charge is -2.27. The molecule has 2 amide bonds. The number of benzene rings is 1. The number of hydrogen-bond acceptors (Lipinski definition) is 5. The van der Waals surface area contributed by atoms with Crippen LogP contribution >= 0.6 is 0 Å². The number of imide groups is 1. The molecule has 0 radical (unpaired) electrons. The predicted octanol–water partition coefficient (Wildman–Crippen LogP) is 4.90. The van der Waals surface area contributed by atoms with Crippen LogP contribution in [0.5, 0.6) is 11.5 Å². The zero-order valence-corrected chi connectivity index (χ0v) is 19.2. The van der Waals surface area contributed by atoms with Gasteiger partial charge < -0.3 is 9.47 Å². The van der Waals surface area contributed by atoms with E-state index < -0.39 is 5.91 Å². The van der Waals surface area contributed by atoms with Crippen LogP contribution in [0.1, 0.15) is 58.9 Å². The summed E-state index contributed by atoms with van der Waals surface area (Å²) in [5.74, 6) is 0.874. The van der Waals surface area contributed by atoms with Gasteiger partial charge in [-0.3, -0.25) is 14.5 Å². The first-order chi connectivity index (χ1) is 14.8. The topological polar surface area (TPSA) is 79.6 Å². The summed E-state index contributed by atoms with van der Waals surface area (Å²) in [6.45, 7) is 8.88. The maximum Gasteiger partial charge on any atom is 0.271 e. The van der Waals surface area contributed by atoms with E-state index in [2.05, 4.69) is 20.8 Å². The van der Waals surface area contributed by atoms with Gasteiger partial charge in [0.25, 0.3) is 11.8 Å². The summed E-state index contributed by atoms with van der Waals surface area (Å²) < 4.78 is 11.3. The molecule has 1 aliphatic rings. The SMILES string of the molecule is CCCCCN1C(=O)C(C#N)=C(C)/C(=C\c2ccc(OCCC(C)C)c(OC)c2)C1=O. The number of rotatable bonds is 10. The summed E-state index contributed by atoms with van der Waals surface area (Å²) in [6, 6.07) is 7.42. The van der Waals surface area contributed by atoms with Gasteiger partial charge in [0.2, 0.25) is 0 Å². The third-order valence-corrected chi connectivity index (χ3v) is 5.26. The van der Waals surface area contributed by atoms with Crippen LogP contribution in [0.3, 0.4) is 0 Å². The van der Waals surface area contributed by atoms with Crippen molar-refractivity contribution in [1.82, 2.24) is 4.90 Å². The second-order valence-corrected chi connectivity index (χ2v) is 8.08. The molecular formula is C25H32N2O4. The molecule has 2 rings (SSSR count). The van der Waals surface area contributed by atoms with Gasteiger partial charge in [-0.2, -0.15) is 5.26 Å². The van der Waals surface area contributed by atoms with Gasteiger partial charge >= 0.3 is 0 Å². The average Bonchev–Trinajstić information content (AvgIpc) is 2.74. The molecule has 6 nitrogen and oxygen atoms in total. The number of nitrogens with zero attached hydrogens (tertiary/aromatic N) is 2. The Morgan fingerprint density at radius 2 is 1.90 bits per heavy atom. The Kier molecular flexibility index (Phi) is 8.87. The van der Waals surface area contributed by atoms with Crippen LogP contribution in [0.2, 0.25) is 0 Å². The standard InChI is InChI=1S/C25H32N2O4/c1-6-7-8-12-27-24(28)20(18(4)21(16-26)25(27)29)14-19-9-10-22(23(15-19)30-5)31-13-11-17(2)3/h9-10,14-15,17H,6-8,11-13H2,1-5H3/b20-14+. The number of unbranched alkanes of at least 4 members (excludes halogenated alkanes) is 2. The Labute approximate surface area is 185 Å². The highest BCUT2D eigenvalue weighted by atomic mass is 16.5. The van der Waals surface area contributed by atoms with E-state index in [1.54, 1.807) is 26.2 Å². The molecule has 6 heteroatoms. The van der Waals surface area contributed by atoms with Crippen LogP contribution in [0.25, 0.3) is 6.08 Å². The van der Waals surface area contributed by atoms with Gasteiger partial charge in [0.1, 0.15) is 11.6 Å². The van der Waals surface area contributed by atoms with Gasteiger partial charge in [-0.05, 0) is 55.0 Å². The first-order valence-electron chi connectivity index (χ1n) is 10.8. The Morgan fingerprint density at radius 3 is 2.52 bits per heavy atom. The third-order valence-electron chi connectivity index (χ3n) is 5.26. The molecule has 0 unspecified atom stereocenters. The van der Waals surface area contributed by atoms with E-state index in [1.165, 1.54) is 4.90 Å². The summed E-state index contributed by atoms with van der Waals surface area (Å²) in [7, 11) is 1.57. The van der Waals surface area contributed by atoms with Gasteiger partial charge in [0.05, 0.1) is 13.7 Å². The lowest BCUT2D eigenvalue weighted by Crippen LogP contribution is -2.43. The monoisotopic (exact) mass is 424 g/mol. The summed E-state index contributed by atoms with van der Waals surface area (Å²) >= 11 is 0. The molecule has 0 saturated heterocycles. The number of amides is 2. The van der Waals surface area contributed by atoms with E-state index >= 15 is 0 Å².